The van der Waals surface area contributed by atoms with Gasteiger partial charge in [-0.1, -0.05) is 30.3 Å². The zero-order valence-corrected chi connectivity index (χ0v) is 18.9. The zero-order chi connectivity index (χ0) is 22.9. The first-order valence-corrected chi connectivity index (χ1v) is 10.7. The van der Waals surface area contributed by atoms with Gasteiger partial charge in [-0.3, -0.25) is 9.59 Å². The van der Waals surface area contributed by atoms with Gasteiger partial charge in [-0.15, -0.1) is 0 Å². The molecule has 32 heavy (non-hydrogen) atoms. The molecule has 0 spiro atoms. The third-order valence-electron chi connectivity index (χ3n) is 5.40. The van der Waals surface area contributed by atoms with Gasteiger partial charge in [0.05, 0.1) is 26.4 Å². The third-order valence-corrected chi connectivity index (χ3v) is 5.40. The largest absolute Gasteiger partial charge is 0.493 e. The maximum absolute atomic E-state index is 12.8. The molecule has 0 unspecified atom stereocenters. The molecule has 0 saturated carbocycles. The summed E-state index contributed by atoms with van der Waals surface area (Å²) in [5.74, 6) is 0.510. The molecule has 0 radical (unpaired) electrons. The smallest absolute Gasteiger partial charge is 0.260 e. The molecule has 1 heterocycles. The summed E-state index contributed by atoms with van der Waals surface area (Å²) in [5.41, 5.74) is 1.59. The molecular weight excluding hydrogens is 410 g/mol. The van der Waals surface area contributed by atoms with Gasteiger partial charge in [0.2, 0.25) is 0 Å². The van der Waals surface area contributed by atoms with E-state index in [0.717, 1.165) is 5.56 Å². The average Bonchev–Trinajstić information content (AvgIpc) is 2.83. The van der Waals surface area contributed by atoms with E-state index in [1.54, 1.807) is 23.1 Å². The van der Waals surface area contributed by atoms with Crippen molar-refractivity contribution in [3.8, 4) is 11.5 Å². The Hall–Kier alpha value is -3.10. The lowest BCUT2D eigenvalue weighted by Crippen LogP contribution is -2.43. The van der Waals surface area contributed by atoms with Gasteiger partial charge in [-0.25, -0.2) is 0 Å². The van der Waals surface area contributed by atoms with E-state index in [1.165, 1.54) is 7.11 Å². The lowest BCUT2D eigenvalue weighted by molar-refractivity contribution is -0.137. The SMILES string of the molecule is COc1cc(C(=O)NC[C@@H](c2ccccc2)N(C)C)ccc1OCC(=O)N1CCOCC1. The summed E-state index contributed by atoms with van der Waals surface area (Å²) in [4.78, 5) is 28.8. The Morgan fingerprint density at radius 2 is 1.81 bits per heavy atom. The van der Waals surface area contributed by atoms with E-state index < -0.39 is 0 Å². The summed E-state index contributed by atoms with van der Waals surface area (Å²) < 4.78 is 16.3. The van der Waals surface area contributed by atoms with Crippen LogP contribution >= 0.6 is 0 Å². The number of likely N-dealkylation sites (N-methyl/N-ethyl adjacent to an activating group) is 1. The topological polar surface area (TPSA) is 80.3 Å². The molecule has 0 bridgehead atoms. The number of nitrogens with one attached hydrogen (secondary N) is 1. The van der Waals surface area contributed by atoms with Gasteiger partial charge in [-0.05, 0) is 37.9 Å². The summed E-state index contributed by atoms with van der Waals surface area (Å²) in [6.07, 6.45) is 0. The highest BCUT2D eigenvalue weighted by Gasteiger charge is 2.19. The van der Waals surface area contributed by atoms with Crippen LogP contribution in [-0.4, -0.2) is 82.3 Å². The third kappa shape index (κ3) is 6.21. The Labute approximate surface area is 189 Å². The van der Waals surface area contributed by atoms with Crippen molar-refractivity contribution in [1.82, 2.24) is 15.1 Å². The van der Waals surface area contributed by atoms with E-state index in [1.807, 2.05) is 44.4 Å². The van der Waals surface area contributed by atoms with E-state index >= 15 is 0 Å². The van der Waals surface area contributed by atoms with Crippen molar-refractivity contribution in [2.75, 3.05) is 60.7 Å². The minimum Gasteiger partial charge on any atom is -0.493 e. The molecule has 2 aromatic rings. The Bertz CT molecular complexity index is 898. The van der Waals surface area contributed by atoms with Gasteiger partial charge < -0.3 is 29.3 Å². The second-order valence-electron chi connectivity index (χ2n) is 7.75. The maximum Gasteiger partial charge on any atom is 0.260 e. The lowest BCUT2D eigenvalue weighted by Gasteiger charge is -2.26. The van der Waals surface area contributed by atoms with Gasteiger partial charge in [0.15, 0.2) is 18.1 Å². The summed E-state index contributed by atoms with van der Waals surface area (Å²) in [7, 11) is 5.47. The highest BCUT2D eigenvalue weighted by molar-refractivity contribution is 5.95. The van der Waals surface area contributed by atoms with Crippen LogP contribution in [0.2, 0.25) is 0 Å². The number of rotatable bonds is 9. The van der Waals surface area contributed by atoms with Gasteiger partial charge in [-0.2, -0.15) is 0 Å². The summed E-state index contributed by atoms with van der Waals surface area (Å²) in [6.45, 7) is 2.58. The van der Waals surface area contributed by atoms with Gasteiger partial charge in [0.25, 0.3) is 11.8 Å². The number of benzene rings is 2. The molecule has 1 N–H and O–H groups in total. The van der Waals surface area contributed by atoms with Crippen molar-refractivity contribution in [2.45, 2.75) is 6.04 Å². The lowest BCUT2D eigenvalue weighted by atomic mass is 10.1. The van der Waals surface area contributed by atoms with Crippen LogP contribution in [0.3, 0.4) is 0 Å². The van der Waals surface area contributed by atoms with Gasteiger partial charge >= 0.3 is 0 Å². The van der Waals surface area contributed by atoms with Crippen molar-refractivity contribution >= 4 is 11.8 Å². The molecule has 1 aliphatic rings. The molecule has 1 aliphatic heterocycles. The Morgan fingerprint density at radius 3 is 2.47 bits per heavy atom. The molecule has 1 atom stereocenters. The van der Waals surface area contributed by atoms with Crippen molar-refractivity contribution < 1.29 is 23.8 Å². The summed E-state index contributed by atoms with van der Waals surface area (Å²) in [5, 5.41) is 2.99. The zero-order valence-electron chi connectivity index (χ0n) is 18.9. The Balaban J connectivity index is 1.60. The van der Waals surface area contributed by atoms with Crippen LogP contribution in [0.15, 0.2) is 48.5 Å². The Morgan fingerprint density at radius 1 is 1.09 bits per heavy atom. The van der Waals surface area contributed by atoms with Gasteiger partial charge in [0, 0.05) is 25.2 Å². The second-order valence-corrected chi connectivity index (χ2v) is 7.75. The first kappa shape index (κ1) is 23.6. The molecule has 1 saturated heterocycles. The standard InChI is InChI=1S/C24H31N3O5/c1-26(2)20(18-7-5-4-6-8-18)16-25-24(29)19-9-10-21(22(15-19)30-3)32-17-23(28)27-11-13-31-14-12-27/h4-10,15,20H,11-14,16-17H2,1-3H3,(H,25,29)/t20-/m0/s1. The van der Waals surface area contributed by atoms with Crippen LogP contribution in [0.1, 0.15) is 22.0 Å². The molecule has 8 heteroatoms. The normalized spacial score (nSPS) is 14.7. The summed E-state index contributed by atoms with van der Waals surface area (Å²) in [6, 6.07) is 15.0. The molecule has 2 amide bonds. The number of morpholine rings is 1. The van der Waals surface area contributed by atoms with Crippen LogP contribution in [0.4, 0.5) is 0 Å². The maximum atomic E-state index is 12.8. The fourth-order valence-corrected chi connectivity index (χ4v) is 3.54. The number of hydrogen-bond acceptors (Lipinski definition) is 6. The number of hydrogen-bond donors (Lipinski definition) is 1. The van der Waals surface area contributed by atoms with Crippen LogP contribution in [-0.2, 0) is 9.53 Å². The summed E-state index contributed by atoms with van der Waals surface area (Å²) >= 11 is 0. The van der Waals surface area contributed by atoms with Crippen LogP contribution in [0, 0.1) is 0 Å². The molecule has 1 fully saturated rings. The van der Waals surface area contributed by atoms with E-state index in [2.05, 4.69) is 10.2 Å². The monoisotopic (exact) mass is 441 g/mol. The molecule has 8 nitrogen and oxygen atoms in total. The fourth-order valence-electron chi connectivity index (χ4n) is 3.54. The van der Waals surface area contributed by atoms with Gasteiger partial charge in [0.1, 0.15) is 0 Å². The number of carbonyl (C=O) groups is 2. The van der Waals surface area contributed by atoms with Crippen molar-refractivity contribution in [3.63, 3.8) is 0 Å². The first-order valence-electron chi connectivity index (χ1n) is 10.7. The van der Waals surface area contributed by atoms with E-state index in [0.29, 0.717) is 49.9 Å². The minimum atomic E-state index is -0.206. The quantitative estimate of drug-likeness (QED) is 0.641. The van der Waals surface area contributed by atoms with E-state index in [9.17, 15) is 9.59 Å². The molecule has 172 valence electrons. The van der Waals surface area contributed by atoms with E-state index in [-0.39, 0.29) is 24.5 Å². The number of amides is 2. The predicted molar refractivity (Wildman–Crippen MR) is 121 cm³/mol. The van der Waals surface area contributed by atoms with Crippen molar-refractivity contribution in [3.05, 3.63) is 59.7 Å². The highest BCUT2D eigenvalue weighted by atomic mass is 16.5. The number of ether oxygens (including phenoxy) is 3. The minimum absolute atomic E-state index is 0.0517. The molecule has 0 aliphatic carbocycles. The molecule has 2 aromatic carbocycles. The van der Waals surface area contributed by atoms with Crippen LogP contribution < -0.4 is 14.8 Å². The van der Waals surface area contributed by atoms with Crippen LogP contribution in [0.5, 0.6) is 11.5 Å². The molecule has 3 rings (SSSR count). The number of carbonyl (C=O) groups excluding carboxylic acids is 2. The number of nitrogens with zero attached hydrogens (tertiary/aromatic N) is 2. The molecular formula is C24H31N3O5. The fraction of sp³-hybridized carbons (Fsp3) is 0.417. The molecule has 0 aromatic heterocycles. The van der Waals surface area contributed by atoms with Crippen LogP contribution in [0.25, 0.3) is 0 Å². The first-order chi connectivity index (χ1) is 15.5. The van der Waals surface area contributed by atoms with E-state index in [4.69, 9.17) is 14.2 Å². The van der Waals surface area contributed by atoms with Crippen molar-refractivity contribution in [1.29, 1.82) is 0 Å². The second kappa shape index (κ2) is 11.5. The van der Waals surface area contributed by atoms with Crippen molar-refractivity contribution in [2.24, 2.45) is 0 Å². The average molecular weight is 442 g/mol. The Kier molecular flexibility index (Phi) is 8.47. The predicted octanol–water partition coefficient (Wildman–Crippen LogP) is 1.97. The highest BCUT2D eigenvalue weighted by Crippen LogP contribution is 2.28. The number of methoxy groups -OCH3 is 1.